The van der Waals surface area contributed by atoms with Gasteiger partial charge in [0.15, 0.2) is 0 Å². The van der Waals surface area contributed by atoms with E-state index in [9.17, 15) is 9.59 Å². The lowest BCUT2D eigenvalue weighted by molar-refractivity contribution is -0.121. The van der Waals surface area contributed by atoms with Crippen LogP contribution in [0, 0.1) is 0 Å². The van der Waals surface area contributed by atoms with E-state index in [0.29, 0.717) is 0 Å². The first-order chi connectivity index (χ1) is 7.52. The Morgan fingerprint density at radius 2 is 2.12 bits per heavy atom. The van der Waals surface area contributed by atoms with Crippen molar-refractivity contribution in [2.45, 2.75) is 31.8 Å². The predicted octanol–water partition coefficient (Wildman–Crippen LogP) is -0.713. The van der Waals surface area contributed by atoms with Crippen LogP contribution in [0.2, 0.25) is 0 Å². The van der Waals surface area contributed by atoms with Gasteiger partial charge in [0.25, 0.3) is 0 Å². The Hall–Kier alpha value is -1.14. The molecule has 3 amide bonds. The molecule has 92 valence electrons. The van der Waals surface area contributed by atoms with Crippen molar-refractivity contribution in [2.24, 2.45) is 0 Å². The van der Waals surface area contributed by atoms with Gasteiger partial charge in [-0.1, -0.05) is 0 Å². The van der Waals surface area contributed by atoms with Crippen molar-refractivity contribution in [3.63, 3.8) is 0 Å². The molecular formula is C10H19N3O3. The van der Waals surface area contributed by atoms with Gasteiger partial charge in [0, 0.05) is 12.1 Å². The van der Waals surface area contributed by atoms with Crippen LogP contribution in [0.1, 0.15) is 19.8 Å². The Morgan fingerprint density at radius 1 is 1.50 bits per heavy atom. The van der Waals surface area contributed by atoms with Crippen molar-refractivity contribution in [3.8, 4) is 0 Å². The first-order valence-corrected chi connectivity index (χ1v) is 5.44. The Morgan fingerprint density at radius 3 is 2.62 bits per heavy atom. The van der Waals surface area contributed by atoms with E-state index in [-0.39, 0.29) is 31.1 Å². The van der Waals surface area contributed by atoms with Crippen LogP contribution in [0.4, 0.5) is 4.79 Å². The minimum Gasteiger partial charge on any atom is -0.395 e. The number of amides is 3. The van der Waals surface area contributed by atoms with Gasteiger partial charge in [-0.05, 0) is 26.8 Å². The smallest absolute Gasteiger partial charge is 0.321 e. The first kappa shape index (κ1) is 12.9. The van der Waals surface area contributed by atoms with Gasteiger partial charge in [0.05, 0.1) is 13.2 Å². The van der Waals surface area contributed by atoms with Gasteiger partial charge < -0.3 is 10.4 Å². The Bertz CT molecular complexity index is 266. The van der Waals surface area contributed by atoms with E-state index in [2.05, 4.69) is 10.6 Å². The van der Waals surface area contributed by atoms with Crippen LogP contribution in [0.3, 0.4) is 0 Å². The number of carbonyl (C=O) groups excluding carboxylic acids is 2. The molecule has 0 aromatic rings. The molecule has 0 heterocycles. The minimum atomic E-state index is -0.433. The number of rotatable bonds is 5. The number of urea groups is 1. The van der Waals surface area contributed by atoms with E-state index >= 15 is 0 Å². The molecule has 1 atom stereocenters. The van der Waals surface area contributed by atoms with Crippen LogP contribution in [0.15, 0.2) is 0 Å². The summed E-state index contributed by atoms with van der Waals surface area (Å²) < 4.78 is 0. The third-order valence-electron chi connectivity index (χ3n) is 2.58. The van der Waals surface area contributed by atoms with E-state index < -0.39 is 6.03 Å². The zero-order valence-corrected chi connectivity index (χ0v) is 9.69. The number of aliphatic hydroxyl groups excluding tert-OH is 1. The van der Waals surface area contributed by atoms with Gasteiger partial charge in [-0.2, -0.15) is 0 Å². The highest BCUT2D eigenvalue weighted by Crippen LogP contribution is 2.18. The highest BCUT2D eigenvalue weighted by molar-refractivity contribution is 5.95. The lowest BCUT2D eigenvalue weighted by Crippen LogP contribution is -2.46. The lowest BCUT2D eigenvalue weighted by atomic mass is 10.3. The molecule has 0 aromatic carbocycles. The molecule has 3 N–H and O–H groups in total. The fraction of sp³-hybridized carbons (Fsp3) is 0.800. The number of nitrogens with zero attached hydrogens (tertiary/aromatic N) is 1. The molecule has 0 aliphatic heterocycles. The number of carbonyl (C=O) groups is 2. The molecule has 16 heavy (non-hydrogen) atoms. The predicted molar refractivity (Wildman–Crippen MR) is 58.9 cm³/mol. The third-order valence-corrected chi connectivity index (χ3v) is 2.58. The summed E-state index contributed by atoms with van der Waals surface area (Å²) in [4.78, 5) is 24.3. The zero-order chi connectivity index (χ0) is 12.1. The maximum atomic E-state index is 11.4. The molecule has 0 spiro atoms. The average molecular weight is 229 g/mol. The van der Waals surface area contributed by atoms with E-state index in [4.69, 9.17) is 5.11 Å². The first-order valence-electron chi connectivity index (χ1n) is 5.44. The maximum Gasteiger partial charge on any atom is 0.321 e. The highest BCUT2D eigenvalue weighted by Gasteiger charge is 2.24. The summed E-state index contributed by atoms with van der Waals surface area (Å²) >= 11 is 0. The summed E-state index contributed by atoms with van der Waals surface area (Å²) in [7, 11) is 1.72. The van der Waals surface area contributed by atoms with E-state index in [1.165, 1.54) is 0 Å². The van der Waals surface area contributed by atoms with Crippen LogP contribution >= 0.6 is 0 Å². The molecule has 0 radical (unpaired) electrons. The summed E-state index contributed by atoms with van der Waals surface area (Å²) in [6.07, 6.45) is 1.98. The molecule has 1 saturated carbocycles. The SMILES string of the molecule is CC(CO)N(C)CC(=O)NC(=O)NC1CC1. The topological polar surface area (TPSA) is 81.7 Å². The molecule has 1 rings (SSSR count). The Balaban J connectivity index is 2.20. The molecule has 0 saturated heterocycles. The second-order valence-electron chi connectivity index (χ2n) is 4.24. The minimum absolute atomic E-state index is 0.0158. The second-order valence-corrected chi connectivity index (χ2v) is 4.24. The average Bonchev–Trinajstić information content (AvgIpc) is 2.99. The number of nitrogens with one attached hydrogen (secondary N) is 2. The molecule has 1 fully saturated rings. The quantitative estimate of drug-likeness (QED) is 0.581. The van der Waals surface area contributed by atoms with Crippen LogP contribution in [-0.4, -0.2) is 54.2 Å². The van der Waals surface area contributed by atoms with Gasteiger partial charge in [-0.15, -0.1) is 0 Å². The molecule has 1 aliphatic rings. The van der Waals surface area contributed by atoms with Gasteiger partial charge >= 0.3 is 6.03 Å². The molecule has 6 heteroatoms. The van der Waals surface area contributed by atoms with Gasteiger partial charge in [0.2, 0.25) is 5.91 Å². The molecule has 0 bridgehead atoms. The maximum absolute atomic E-state index is 11.4. The second kappa shape index (κ2) is 5.81. The van der Waals surface area contributed by atoms with Crippen molar-refractivity contribution in [1.29, 1.82) is 0 Å². The molecular weight excluding hydrogens is 210 g/mol. The Kier molecular flexibility index (Phi) is 4.70. The summed E-state index contributed by atoms with van der Waals surface area (Å²) in [5.41, 5.74) is 0. The summed E-state index contributed by atoms with van der Waals surface area (Å²) in [6, 6.07) is -0.295. The highest BCUT2D eigenvalue weighted by atomic mass is 16.3. The van der Waals surface area contributed by atoms with Crippen LogP contribution in [0.25, 0.3) is 0 Å². The largest absolute Gasteiger partial charge is 0.395 e. The van der Waals surface area contributed by atoms with Crippen molar-refractivity contribution in [2.75, 3.05) is 20.2 Å². The standard InChI is InChI=1S/C10H19N3O3/c1-7(6-14)13(2)5-9(15)12-10(16)11-8-3-4-8/h7-8,14H,3-6H2,1-2H3,(H2,11,12,15,16). The Labute approximate surface area is 95.0 Å². The van der Waals surface area contributed by atoms with E-state index in [1.54, 1.807) is 18.9 Å². The van der Waals surface area contributed by atoms with Gasteiger partial charge in [-0.3, -0.25) is 15.0 Å². The fourth-order valence-electron chi connectivity index (χ4n) is 1.14. The van der Waals surface area contributed by atoms with E-state index in [1.807, 2.05) is 0 Å². The van der Waals surface area contributed by atoms with Gasteiger partial charge in [0.1, 0.15) is 0 Å². The number of likely N-dealkylation sites (N-methyl/N-ethyl adjacent to an activating group) is 1. The van der Waals surface area contributed by atoms with Crippen molar-refractivity contribution < 1.29 is 14.7 Å². The monoisotopic (exact) mass is 229 g/mol. The number of hydrogen-bond donors (Lipinski definition) is 3. The van der Waals surface area contributed by atoms with Crippen molar-refractivity contribution in [3.05, 3.63) is 0 Å². The van der Waals surface area contributed by atoms with Gasteiger partial charge in [-0.25, -0.2) is 4.79 Å². The molecule has 1 aliphatic carbocycles. The molecule has 0 aromatic heterocycles. The normalized spacial score (nSPS) is 17.0. The third kappa shape index (κ3) is 4.59. The fourth-order valence-corrected chi connectivity index (χ4v) is 1.14. The number of imide groups is 1. The van der Waals surface area contributed by atoms with Crippen LogP contribution in [0.5, 0.6) is 0 Å². The number of aliphatic hydroxyl groups is 1. The summed E-state index contributed by atoms with van der Waals surface area (Å²) in [5, 5.41) is 13.8. The molecule has 1 unspecified atom stereocenters. The van der Waals surface area contributed by atoms with Crippen molar-refractivity contribution >= 4 is 11.9 Å². The summed E-state index contributed by atoms with van der Waals surface area (Å²) in [6.45, 7) is 1.88. The van der Waals surface area contributed by atoms with E-state index in [0.717, 1.165) is 12.8 Å². The molecule has 6 nitrogen and oxygen atoms in total. The lowest BCUT2D eigenvalue weighted by Gasteiger charge is -2.21. The number of hydrogen-bond acceptors (Lipinski definition) is 4. The van der Waals surface area contributed by atoms with Crippen LogP contribution in [-0.2, 0) is 4.79 Å². The summed E-state index contributed by atoms with van der Waals surface area (Å²) in [5.74, 6) is -0.360. The van der Waals surface area contributed by atoms with Crippen LogP contribution < -0.4 is 10.6 Å². The van der Waals surface area contributed by atoms with Crippen molar-refractivity contribution in [1.82, 2.24) is 15.5 Å². The zero-order valence-electron chi connectivity index (χ0n) is 9.69.